The summed E-state index contributed by atoms with van der Waals surface area (Å²) < 4.78 is 0. The quantitative estimate of drug-likeness (QED) is 0.753. The van der Waals surface area contributed by atoms with Gasteiger partial charge >= 0.3 is 0 Å². The maximum atomic E-state index is 12.9. The Balaban J connectivity index is 2.09. The van der Waals surface area contributed by atoms with E-state index < -0.39 is 0 Å². The maximum absolute atomic E-state index is 12.9. The third-order valence-electron chi connectivity index (χ3n) is 4.04. The molecule has 0 radical (unpaired) electrons. The Kier molecular flexibility index (Phi) is 6.99. The minimum absolute atomic E-state index is 0.00918. The van der Waals surface area contributed by atoms with Gasteiger partial charge in [0.05, 0.1) is 10.6 Å². The number of hydrogen-bond acceptors (Lipinski definition) is 4. The first-order valence-electron chi connectivity index (χ1n) is 8.66. The highest BCUT2D eigenvalue weighted by molar-refractivity contribution is 7.13. The van der Waals surface area contributed by atoms with Gasteiger partial charge in [0.2, 0.25) is 0 Å². The molecule has 6 heteroatoms. The van der Waals surface area contributed by atoms with Crippen molar-refractivity contribution in [3.63, 3.8) is 0 Å². The first-order valence-corrected chi connectivity index (χ1v) is 9.54. The van der Waals surface area contributed by atoms with E-state index in [0.717, 1.165) is 43.3 Å². The second kappa shape index (κ2) is 8.99. The fourth-order valence-electron chi connectivity index (χ4n) is 2.67. The van der Waals surface area contributed by atoms with Crippen LogP contribution in [0.3, 0.4) is 0 Å². The Morgan fingerprint density at radius 3 is 2.62 bits per heavy atom. The van der Waals surface area contributed by atoms with Crippen molar-refractivity contribution in [3.05, 3.63) is 29.3 Å². The molecule has 0 atom stereocenters. The van der Waals surface area contributed by atoms with Gasteiger partial charge in [-0.15, -0.1) is 11.3 Å². The first-order chi connectivity index (χ1) is 11.5. The zero-order valence-corrected chi connectivity index (χ0v) is 15.9. The predicted molar refractivity (Wildman–Crippen MR) is 100 cm³/mol. The van der Waals surface area contributed by atoms with Crippen LogP contribution in [-0.2, 0) is 0 Å². The molecule has 0 fully saturated rings. The number of thiophene rings is 1. The van der Waals surface area contributed by atoms with Gasteiger partial charge in [0, 0.05) is 19.6 Å². The van der Waals surface area contributed by atoms with E-state index in [9.17, 15) is 4.79 Å². The number of aromatic amines is 1. The fraction of sp³-hybridized carbons (Fsp3) is 0.556. The van der Waals surface area contributed by atoms with Crippen LogP contribution in [0.5, 0.6) is 0 Å². The molecule has 2 rings (SSSR count). The number of amides is 1. The van der Waals surface area contributed by atoms with Crippen LogP contribution in [0.1, 0.15) is 38.2 Å². The second-order valence-electron chi connectivity index (χ2n) is 6.32. The third kappa shape index (κ3) is 4.92. The summed E-state index contributed by atoms with van der Waals surface area (Å²) in [4.78, 5) is 18.2. The van der Waals surface area contributed by atoms with Crippen molar-refractivity contribution < 1.29 is 4.79 Å². The number of hydrogen-bond donors (Lipinski definition) is 1. The second-order valence-corrected chi connectivity index (χ2v) is 7.26. The summed E-state index contributed by atoms with van der Waals surface area (Å²) in [5.41, 5.74) is 1.40. The molecular formula is C18H28N4OS. The number of nitrogens with one attached hydrogen (secondary N) is 1. The van der Waals surface area contributed by atoms with Gasteiger partial charge in [0.25, 0.3) is 5.91 Å². The number of rotatable bonds is 9. The molecule has 0 aliphatic carbocycles. The molecule has 24 heavy (non-hydrogen) atoms. The summed E-state index contributed by atoms with van der Waals surface area (Å²) in [5.74, 6) is 0.441. The molecule has 132 valence electrons. The predicted octanol–water partition coefficient (Wildman–Crippen LogP) is 3.58. The van der Waals surface area contributed by atoms with Crippen LogP contribution in [-0.4, -0.2) is 58.6 Å². The summed E-state index contributed by atoms with van der Waals surface area (Å²) in [6, 6.07) is 5.88. The zero-order chi connectivity index (χ0) is 17.5. The number of aromatic nitrogens is 2. The van der Waals surface area contributed by atoms with Gasteiger partial charge in [-0.1, -0.05) is 33.8 Å². The molecule has 2 aromatic heterocycles. The number of carbonyl (C=O) groups is 1. The fourth-order valence-corrected chi connectivity index (χ4v) is 3.36. The molecule has 0 spiro atoms. The molecule has 0 unspecified atom stereocenters. The summed E-state index contributed by atoms with van der Waals surface area (Å²) in [6.07, 6.45) is 0. The molecular weight excluding hydrogens is 320 g/mol. The lowest BCUT2D eigenvalue weighted by molar-refractivity contribution is 0.0710. The smallest absolute Gasteiger partial charge is 0.274 e. The molecule has 0 bridgehead atoms. The Hall–Kier alpha value is -1.66. The van der Waals surface area contributed by atoms with Crippen LogP contribution in [0, 0.1) is 5.92 Å². The van der Waals surface area contributed by atoms with Crippen molar-refractivity contribution in [1.82, 2.24) is 20.0 Å². The molecule has 1 amide bonds. The van der Waals surface area contributed by atoms with E-state index in [1.807, 2.05) is 28.5 Å². The van der Waals surface area contributed by atoms with Gasteiger partial charge in [0.1, 0.15) is 0 Å². The molecule has 0 aliphatic rings. The lowest BCUT2D eigenvalue weighted by atomic mass is 10.2. The van der Waals surface area contributed by atoms with Crippen molar-refractivity contribution in [2.24, 2.45) is 5.92 Å². The van der Waals surface area contributed by atoms with Crippen molar-refractivity contribution >= 4 is 17.2 Å². The van der Waals surface area contributed by atoms with Gasteiger partial charge in [-0.3, -0.25) is 9.89 Å². The molecule has 5 nitrogen and oxygen atoms in total. The van der Waals surface area contributed by atoms with Crippen LogP contribution in [0.2, 0.25) is 0 Å². The van der Waals surface area contributed by atoms with E-state index in [1.165, 1.54) is 0 Å². The average Bonchev–Trinajstić information content (AvgIpc) is 3.24. The van der Waals surface area contributed by atoms with Crippen molar-refractivity contribution in [2.75, 3.05) is 32.7 Å². The lowest BCUT2D eigenvalue weighted by Gasteiger charge is -2.27. The first kappa shape index (κ1) is 18.7. The normalized spacial score (nSPS) is 11.4. The van der Waals surface area contributed by atoms with Crippen LogP contribution in [0.15, 0.2) is 23.6 Å². The van der Waals surface area contributed by atoms with E-state index in [-0.39, 0.29) is 5.91 Å². The lowest BCUT2D eigenvalue weighted by Crippen LogP contribution is -2.40. The van der Waals surface area contributed by atoms with E-state index in [0.29, 0.717) is 11.6 Å². The van der Waals surface area contributed by atoms with Gasteiger partial charge < -0.3 is 9.80 Å². The Morgan fingerprint density at radius 1 is 1.29 bits per heavy atom. The van der Waals surface area contributed by atoms with Crippen LogP contribution in [0.25, 0.3) is 10.6 Å². The standard InChI is InChI=1S/C18H28N4OS/c1-5-21(6-2)9-10-22(13-14(3)4)18(23)16-12-15(19-20-16)17-8-7-11-24-17/h7-8,11-12,14H,5-6,9-10,13H2,1-4H3,(H,19,20). The van der Waals surface area contributed by atoms with Gasteiger partial charge in [-0.2, -0.15) is 5.10 Å². The third-order valence-corrected chi connectivity index (χ3v) is 4.94. The largest absolute Gasteiger partial charge is 0.336 e. The van der Waals surface area contributed by atoms with Crippen molar-refractivity contribution in [3.8, 4) is 10.6 Å². The Labute approximate surface area is 148 Å². The molecule has 0 saturated heterocycles. The summed E-state index contributed by atoms with van der Waals surface area (Å²) in [6.45, 7) is 13.0. The number of nitrogens with zero attached hydrogens (tertiary/aromatic N) is 3. The van der Waals surface area contributed by atoms with Gasteiger partial charge in [-0.05, 0) is 36.5 Å². The molecule has 0 saturated carbocycles. The van der Waals surface area contributed by atoms with Crippen molar-refractivity contribution in [1.29, 1.82) is 0 Å². The minimum atomic E-state index is 0.00918. The average molecular weight is 349 g/mol. The van der Waals surface area contributed by atoms with Crippen molar-refractivity contribution in [2.45, 2.75) is 27.7 Å². The Bertz CT molecular complexity index is 617. The highest BCUT2D eigenvalue weighted by Gasteiger charge is 2.20. The topological polar surface area (TPSA) is 52.2 Å². The van der Waals surface area contributed by atoms with Crippen LogP contribution in [0.4, 0.5) is 0 Å². The maximum Gasteiger partial charge on any atom is 0.274 e. The monoisotopic (exact) mass is 348 g/mol. The van der Waals surface area contributed by atoms with E-state index >= 15 is 0 Å². The molecule has 2 heterocycles. The molecule has 2 aromatic rings. The highest BCUT2D eigenvalue weighted by atomic mass is 32.1. The minimum Gasteiger partial charge on any atom is -0.336 e. The highest BCUT2D eigenvalue weighted by Crippen LogP contribution is 2.23. The zero-order valence-electron chi connectivity index (χ0n) is 15.1. The number of carbonyl (C=O) groups excluding carboxylic acids is 1. The summed E-state index contributed by atoms with van der Waals surface area (Å²) in [7, 11) is 0. The SMILES string of the molecule is CCN(CC)CCN(CC(C)C)C(=O)c1cc(-c2cccs2)[nH]n1. The van der Waals surface area contributed by atoms with Gasteiger partial charge in [0.15, 0.2) is 5.69 Å². The molecule has 0 aromatic carbocycles. The van der Waals surface area contributed by atoms with E-state index in [1.54, 1.807) is 11.3 Å². The van der Waals surface area contributed by atoms with Gasteiger partial charge in [-0.25, -0.2) is 0 Å². The number of likely N-dealkylation sites (N-methyl/N-ethyl adjacent to an activating group) is 1. The van der Waals surface area contributed by atoms with Crippen LogP contribution < -0.4 is 0 Å². The van der Waals surface area contributed by atoms with E-state index in [2.05, 4.69) is 42.8 Å². The molecule has 1 N–H and O–H groups in total. The Morgan fingerprint density at radius 2 is 2.04 bits per heavy atom. The summed E-state index contributed by atoms with van der Waals surface area (Å²) >= 11 is 1.64. The van der Waals surface area contributed by atoms with Crippen LogP contribution >= 0.6 is 11.3 Å². The van der Waals surface area contributed by atoms with E-state index in [4.69, 9.17) is 0 Å². The molecule has 0 aliphatic heterocycles. The summed E-state index contributed by atoms with van der Waals surface area (Å²) in [5, 5.41) is 9.25. The number of H-pyrrole nitrogens is 1.